The third kappa shape index (κ3) is 17.2. The van der Waals surface area contributed by atoms with E-state index in [1.165, 1.54) is 42.5 Å². The van der Waals surface area contributed by atoms with Crippen LogP contribution in [-0.2, 0) is 14.4 Å². The summed E-state index contributed by atoms with van der Waals surface area (Å²) in [5.74, 6) is 2.71. The predicted molar refractivity (Wildman–Crippen MR) is 272 cm³/mol. The Morgan fingerprint density at radius 3 is 1.58 bits per heavy atom. The van der Waals surface area contributed by atoms with Crippen LogP contribution in [0.3, 0.4) is 0 Å². The van der Waals surface area contributed by atoms with Gasteiger partial charge in [-0.05, 0) is 106 Å². The van der Waals surface area contributed by atoms with Gasteiger partial charge < -0.3 is 10.9 Å². The fourth-order valence-corrected chi connectivity index (χ4v) is 9.26. The Balaban J connectivity index is 0.000000226. The molecule has 4 aliphatic carbocycles. The van der Waals surface area contributed by atoms with Crippen LogP contribution in [0.25, 0.3) is 6.08 Å². The Hall–Kier alpha value is -5.97. The predicted octanol–water partition coefficient (Wildman–Crippen LogP) is 11.2. The lowest BCUT2D eigenvalue weighted by molar-refractivity contribution is -0.159. The lowest BCUT2D eigenvalue weighted by atomic mass is 9.49. The molecule has 3 aromatic carbocycles. The number of hydrogen-bond donors (Lipinski definition) is 2. The first kappa shape index (κ1) is 53.4. The van der Waals surface area contributed by atoms with E-state index in [0.717, 1.165) is 80.8 Å². The largest absolute Gasteiger partial charge is 0.307 e. The molecule has 4 unspecified atom stereocenters. The van der Waals surface area contributed by atoms with E-state index in [2.05, 4.69) is 93.6 Å². The number of rotatable bonds is 6. The fourth-order valence-electron chi connectivity index (χ4n) is 9.26. The van der Waals surface area contributed by atoms with E-state index < -0.39 is 0 Å². The summed E-state index contributed by atoms with van der Waals surface area (Å²) >= 11 is 0. The molecular weight excluding hydrogens is 809 g/mol. The quantitative estimate of drug-likeness (QED) is 0.187. The van der Waals surface area contributed by atoms with Crippen LogP contribution in [0.15, 0.2) is 130 Å². The van der Waals surface area contributed by atoms with Crippen molar-refractivity contribution in [2.75, 3.05) is 7.05 Å². The van der Waals surface area contributed by atoms with E-state index in [4.69, 9.17) is 0 Å². The van der Waals surface area contributed by atoms with Crippen molar-refractivity contribution in [3.63, 3.8) is 0 Å². The highest BCUT2D eigenvalue weighted by Gasteiger charge is 2.56. The zero-order valence-electron chi connectivity index (χ0n) is 39.0. The maximum Gasteiger partial charge on any atom is 0.249 e. The molecule has 4 aliphatic heterocycles. The van der Waals surface area contributed by atoms with Crippen molar-refractivity contribution >= 4 is 49.4 Å². The molecule has 11 nitrogen and oxygen atoms in total. The molecule has 1 amide bonds. The average Bonchev–Trinajstić information content (AvgIpc) is 4.19. The number of hydrazone groups is 4. The minimum Gasteiger partial charge on any atom is -0.307 e. The maximum atomic E-state index is 13.5. The first-order valence-corrected chi connectivity index (χ1v) is 23.2. The Morgan fingerprint density at radius 2 is 1.18 bits per heavy atom. The molecule has 4 atom stereocenters. The van der Waals surface area contributed by atoms with Gasteiger partial charge in [-0.3, -0.25) is 19.4 Å². The molecule has 4 saturated carbocycles. The summed E-state index contributed by atoms with van der Waals surface area (Å²) in [6, 6.07) is 32.2. The van der Waals surface area contributed by atoms with Crippen LogP contribution in [0, 0.1) is 23.2 Å². The highest BCUT2D eigenvalue weighted by molar-refractivity contribution is 5.85. The van der Waals surface area contributed by atoms with Gasteiger partial charge in [-0.1, -0.05) is 124 Å². The SMILES string of the molecule is C.C/C=C/C=O.C1=NNC(c2ccccc2)C1.CC.CC1CC=NN1.CC1CC=NN1C.O=C(N1N=CCC1c1ccccc1)C12CC3CC(CC(C3)C1)C2.O=C/C=C/c1ccccc1. The van der Waals surface area contributed by atoms with Crippen LogP contribution in [0.5, 0.6) is 0 Å². The van der Waals surface area contributed by atoms with Crippen LogP contribution in [-0.4, -0.2) is 72.5 Å². The van der Waals surface area contributed by atoms with E-state index >= 15 is 0 Å². The van der Waals surface area contributed by atoms with Crippen molar-refractivity contribution in [2.45, 2.75) is 130 Å². The highest BCUT2D eigenvalue weighted by Crippen LogP contribution is 2.61. The summed E-state index contributed by atoms with van der Waals surface area (Å²) < 4.78 is 0. The lowest BCUT2D eigenvalue weighted by Gasteiger charge is -2.56. The number of amides is 1. The third-order valence-corrected chi connectivity index (χ3v) is 12.2. The van der Waals surface area contributed by atoms with Gasteiger partial charge in [0.1, 0.15) is 12.6 Å². The summed E-state index contributed by atoms with van der Waals surface area (Å²) in [5.41, 5.74) is 9.41. The van der Waals surface area contributed by atoms with Crippen molar-refractivity contribution in [1.29, 1.82) is 0 Å². The number of benzene rings is 3. The molecule has 3 aromatic rings. The number of hydrogen-bond acceptors (Lipinski definition) is 10. The smallest absolute Gasteiger partial charge is 0.249 e. The Bertz CT molecular complexity index is 1930. The van der Waals surface area contributed by atoms with Crippen molar-refractivity contribution in [1.82, 2.24) is 20.9 Å². The van der Waals surface area contributed by atoms with Gasteiger partial charge in [0.15, 0.2) is 0 Å². The van der Waals surface area contributed by atoms with Crippen LogP contribution in [0.1, 0.15) is 135 Å². The molecule has 4 fully saturated rings. The van der Waals surface area contributed by atoms with Crippen molar-refractivity contribution in [3.05, 3.63) is 126 Å². The van der Waals surface area contributed by atoms with E-state index in [1.807, 2.05) is 98.2 Å². The zero-order chi connectivity index (χ0) is 46.0. The first-order valence-electron chi connectivity index (χ1n) is 23.2. The molecule has 0 radical (unpaired) electrons. The van der Waals surface area contributed by atoms with E-state index in [1.54, 1.807) is 19.1 Å². The fraction of sp³-hybridized carbons (Fsp3) is 0.463. The summed E-state index contributed by atoms with van der Waals surface area (Å²) in [6.45, 7) is 10.1. The molecule has 4 heterocycles. The topological polar surface area (TPSA) is 131 Å². The maximum absolute atomic E-state index is 13.5. The second kappa shape index (κ2) is 29.5. The number of nitrogens with one attached hydrogen (secondary N) is 2. The minimum atomic E-state index is -0.0938. The van der Waals surface area contributed by atoms with E-state index in [-0.39, 0.29) is 18.9 Å². The number of carbonyl (C=O) groups is 3. The summed E-state index contributed by atoms with van der Waals surface area (Å²) in [4.78, 5) is 32.7. The molecule has 4 bridgehead atoms. The number of aldehydes is 2. The lowest BCUT2D eigenvalue weighted by Crippen LogP contribution is -2.53. The summed E-state index contributed by atoms with van der Waals surface area (Å²) in [7, 11) is 1.99. The van der Waals surface area contributed by atoms with Crippen molar-refractivity contribution < 1.29 is 14.4 Å². The minimum absolute atomic E-state index is 0. The molecule has 2 N–H and O–H groups in total. The van der Waals surface area contributed by atoms with Crippen LogP contribution in [0.2, 0.25) is 0 Å². The molecule has 11 rings (SSSR count). The molecule has 0 saturated heterocycles. The van der Waals surface area contributed by atoms with Crippen LogP contribution in [0.4, 0.5) is 0 Å². The van der Waals surface area contributed by atoms with Crippen LogP contribution >= 0.6 is 0 Å². The molecule has 11 heteroatoms. The monoisotopic (exact) mass is 885 g/mol. The number of allylic oxidation sites excluding steroid dienone is 3. The van der Waals surface area contributed by atoms with Gasteiger partial charge in [0.2, 0.25) is 5.91 Å². The second-order valence-electron chi connectivity index (χ2n) is 17.0. The van der Waals surface area contributed by atoms with Crippen LogP contribution < -0.4 is 10.9 Å². The van der Waals surface area contributed by atoms with Gasteiger partial charge in [-0.15, -0.1) is 0 Å². The molecule has 8 aliphatic rings. The number of nitrogens with zero attached hydrogens (tertiary/aromatic N) is 6. The number of carbonyl (C=O) groups excluding carboxylic acids is 3. The second-order valence-corrected chi connectivity index (χ2v) is 17.0. The van der Waals surface area contributed by atoms with Gasteiger partial charge in [-0.25, -0.2) is 5.01 Å². The van der Waals surface area contributed by atoms with Gasteiger partial charge in [-0.2, -0.15) is 20.4 Å². The van der Waals surface area contributed by atoms with Gasteiger partial charge in [0, 0.05) is 69.7 Å². The van der Waals surface area contributed by atoms with Crippen molar-refractivity contribution in [2.24, 2.45) is 43.6 Å². The Morgan fingerprint density at radius 1 is 0.662 bits per heavy atom. The Kier molecular flexibility index (Phi) is 24.2. The van der Waals surface area contributed by atoms with Gasteiger partial charge >= 0.3 is 0 Å². The Labute approximate surface area is 390 Å². The third-order valence-electron chi connectivity index (χ3n) is 12.2. The zero-order valence-corrected chi connectivity index (χ0v) is 39.0. The van der Waals surface area contributed by atoms with Crippen molar-refractivity contribution in [3.8, 4) is 0 Å². The highest BCUT2D eigenvalue weighted by atomic mass is 16.2. The van der Waals surface area contributed by atoms with Gasteiger partial charge in [0.05, 0.1) is 17.5 Å². The first-order chi connectivity index (χ1) is 31.2. The molecule has 350 valence electrons. The molecule has 65 heavy (non-hydrogen) atoms. The average molecular weight is 885 g/mol. The van der Waals surface area contributed by atoms with E-state index in [0.29, 0.717) is 24.0 Å². The van der Waals surface area contributed by atoms with E-state index in [9.17, 15) is 14.4 Å². The molecule has 0 spiro atoms. The summed E-state index contributed by atoms with van der Waals surface area (Å²) in [5, 5.41) is 20.1. The summed E-state index contributed by atoms with van der Waals surface area (Å²) in [6.07, 6.45) is 27.1. The normalized spacial score (nSPS) is 26.4. The standard InChI is InChI=1S/C20H24N2O.C9H10N2.C9H8O.C5H10N2.C4H8N2.C4H6O.C2H6.CH4/c23-19(20-11-14-8-15(12-20)10-16(9-14)13-20)22-18(6-7-21-22)17-4-2-1-3-5-17;1-2-4-8(5-3-1)9-6-7-10-11-9;10-8-4-7-9-5-2-1-3-6-9;1-5-3-4-6-7(5)2;1-4-2-3-5-6-4;1-2-3-4-5;1-2;/h1-5,7,14-16,18H,6,8-13H2;1-5,7,9,11H,6H2;1-8H;4-5H,3H2,1-2H3;3-4,6H,2H2,1H3;2-4H,1H3;1-2H3;1H4/b;;7-4+;;;3-2+;;. The molecule has 0 aromatic heterocycles. The van der Waals surface area contributed by atoms with Gasteiger partial charge in [0.25, 0.3) is 0 Å². The molecular formula is C54H76N8O3.